The zero-order valence-electron chi connectivity index (χ0n) is 11.0. The van der Waals surface area contributed by atoms with E-state index in [1.165, 1.54) is 11.6 Å². The molecule has 0 saturated carbocycles. The highest BCUT2D eigenvalue weighted by atomic mass is 16.2. The number of fused-ring (bicyclic) bond motifs is 1. The van der Waals surface area contributed by atoms with E-state index in [2.05, 4.69) is 9.97 Å². The third-order valence-corrected chi connectivity index (χ3v) is 3.00. The summed E-state index contributed by atoms with van der Waals surface area (Å²) in [5, 5.41) is 8.56. The van der Waals surface area contributed by atoms with Crippen LogP contribution in [0.5, 0.6) is 0 Å². The number of imidazole rings is 1. The lowest BCUT2D eigenvalue weighted by Crippen LogP contribution is -2.36. The van der Waals surface area contributed by atoms with Crippen LogP contribution in [0.1, 0.15) is 6.42 Å². The molecule has 0 aliphatic carbocycles. The molecule has 2 aromatic heterocycles. The maximum atomic E-state index is 12.0. The summed E-state index contributed by atoms with van der Waals surface area (Å²) in [6, 6.07) is 2.04. The predicted molar refractivity (Wildman–Crippen MR) is 70.1 cm³/mol. The van der Waals surface area contributed by atoms with Gasteiger partial charge in [-0.25, -0.2) is 4.79 Å². The molecule has 0 radical (unpaired) electrons. The number of nitrogens with one attached hydrogen (secondary N) is 1. The van der Waals surface area contributed by atoms with Crippen LogP contribution in [0.2, 0.25) is 0 Å². The molecule has 0 aromatic carbocycles. The van der Waals surface area contributed by atoms with Crippen molar-refractivity contribution < 1.29 is 0 Å². The van der Waals surface area contributed by atoms with Crippen LogP contribution in [-0.2, 0) is 14.1 Å². The van der Waals surface area contributed by atoms with Gasteiger partial charge in [0, 0.05) is 27.7 Å². The lowest BCUT2D eigenvalue weighted by atomic mass is 10.4. The lowest BCUT2D eigenvalue weighted by Gasteiger charge is -2.12. The fourth-order valence-electron chi connectivity index (χ4n) is 1.82. The molecule has 0 unspecified atom stereocenters. The molecule has 8 nitrogen and oxygen atoms in total. The quantitative estimate of drug-likeness (QED) is 0.789. The molecule has 2 heterocycles. The van der Waals surface area contributed by atoms with Gasteiger partial charge in [-0.2, -0.15) is 10.2 Å². The topological polar surface area (TPSA) is 99.7 Å². The van der Waals surface area contributed by atoms with Gasteiger partial charge in [-0.05, 0) is 0 Å². The second-order valence-electron chi connectivity index (χ2n) is 4.29. The number of aromatic nitrogens is 4. The van der Waals surface area contributed by atoms with Crippen molar-refractivity contribution in [2.24, 2.45) is 14.1 Å². The molecular weight excluding hydrogens is 248 g/mol. The molecule has 8 heteroatoms. The van der Waals surface area contributed by atoms with E-state index in [9.17, 15) is 9.59 Å². The van der Waals surface area contributed by atoms with Crippen LogP contribution in [0.3, 0.4) is 0 Å². The Hall–Kier alpha value is -2.56. The SMILES string of the molecule is CN(CCC#N)c1nc2c([nH]1)c(=O)n(C)c(=O)n2C. The molecule has 0 atom stereocenters. The Kier molecular flexibility index (Phi) is 3.12. The first-order valence-corrected chi connectivity index (χ1v) is 5.71. The van der Waals surface area contributed by atoms with Crippen molar-refractivity contribution in [2.75, 3.05) is 18.5 Å². The number of anilines is 1. The average Bonchev–Trinajstić information content (AvgIpc) is 2.85. The Morgan fingerprint density at radius 3 is 2.68 bits per heavy atom. The second-order valence-corrected chi connectivity index (χ2v) is 4.29. The number of nitrogens with zero attached hydrogens (tertiary/aromatic N) is 5. The first-order valence-electron chi connectivity index (χ1n) is 5.71. The summed E-state index contributed by atoms with van der Waals surface area (Å²) in [6.07, 6.45) is 0.352. The first-order chi connectivity index (χ1) is 8.97. The van der Waals surface area contributed by atoms with E-state index in [1.54, 1.807) is 19.0 Å². The van der Waals surface area contributed by atoms with E-state index in [0.717, 1.165) is 4.57 Å². The molecular formula is C11H14N6O2. The summed E-state index contributed by atoms with van der Waals surface area (Å²) in [4.78, 5) is 32.6. The minimum atomic E-state index is -0.421. The van der Waals surface area contributed by atoms with E-state index in [0.29, 0.717) is 24.6 Å². The number of H-pyrrole nitrogens is 1. The van der Waals surface area contributed by atoms with Crippen molar-refractivity contribution in [3.8, 4) is 6.07 Å². The third kappa shape index (κ3) is 1.99. The summed E-state index contributed by atoms with van der Waals surface area (Å²) < 4.78 is 2.34. The molecule has 1 N–H and O–H groups in total. The van der Waals surface area contributed by atoms with Gasteiger partial charge in [-0.15, -0.1) is 0 Å². The molecule has 0 spiro atoms. The van der Waals surface area contributed by atoms with Crippen LogP contribution in [0.25, 0.3) is 11.2 Å². The maximum absolute atomic E-state index is 12.0. The Morgan fingerprint density at radius 2 is 2.05 bits per heavy atom. The van der Waals surface area contributed by atoms with E-state index < -0.39 is 11.2 Å². The molecule has 100 valence electrons. The van der Waals surface area contributed by atoms with Crippen LogP contribution >= 0.6 is 0 Å². The number of hydrogen-bond donors (Lipinski definition) is 1. The summed E-state index contributed by atoms with van der Waals surface area (Å²) in [7, 11) is 4.74. The Balaban J connectivity index is 2.62. The molecule has 2 aromatic rings. The minimum absolute atomic E-state index is 0.281. The van der Waals surface area contributed by atoms with Crippen molar-refractivity contribution in [3.05, 3.63) is 20.8 Å². The fraction of sp³-hybridized carbons (Fsp3) is 0.455. The maximum Gasteiger partial charge on any atom is 0.332 e. The third-order valence-electron chi connectivity index (χ3n) is 3.00. The average molecular weight is 262 g/mol. The molecule has 19 heavy (non-hydrogen) atoms. The van der Waals surface area contributed by atoms with Crippen molar-refractivity contribution in [1.29, 1.82) is 5.26 Å². The van der Waals surface area contributed by atoms with Gasteiger partial charge >= 0.3 is 5.69 Å². The van der Waals surface area contributed by atoms with Gasteiger partial charge < -0.3 is 9.88 Å². The van der Waals surface area contributed by atoms with E-state index in [4.69, 9.17) is 5.26 Å². The smallest absolute Gasteiger partial charge is 0.332 e. The molecule has 0 amide bonds. The zero-order chi connectivity index (χ0) is 14.2. The fourth-order valence-corrected chi connectivity index (χ4v) is 1.82. The zero-order valence-corrected chi connectivity index (χ0v) is 11.0. The van der Waals surface area contributed by atoms with Crippen molar-refractivity contribution >= 4 is 17.1 Å². The summed E-state index contributed by atoms with van der Waals surface area (Å²) in [6.45, 7) is 0.491. The Bertz CT molecular complexity index is 775. The van der Waals surface area contributed by atoms with Gasteiger partial charge in [0.15, 0.2) is 11.2 Å². The van der Waals surface area contributed by atoms with Crippen LogP contribution in [0, 0.1) is 11.3 Å². The highest BCUT2D eigenvalue weighted by Crippen LogP contribution is 2.11. The van der Waals surface area contributed by atoms with Gasteiger partial charge in [0.1, 0.15) is 0 Å². The minimum Gasteiger partial charge on any atom is -0.344 e. The van der Waals surface area contributed by atoms with Gasteiger partial charge in [0.05, 0.1) is 12.5 Å². The van der Waals surface area contributed by atoms with Crippen LogP contribution in [-0.4, -0.2) is 32.7 Å². The molecule has 0 fully saturated rings. The number of aromatic amines is 1. The largest absolute Gasteiger partial charge is 0.344 e. The van der Waals surface area contributed by atoms with Crippen LogP contribution in [0.15, 0.2) is 9.59 Å². The predicted octanol–water partition coefficient (Wildman–Crippen LogP) is -0.690. The van der Waals surface area contributed by atoms with Crippen LogP contribution < -0.4 is 16.1 Å². The molecule has 0 bridgehead atoms. The molecule has 2 rings (SSSR count). The molecule has 0 aliphatic heterocycles. The first kappa shape index (κ1) is 12.9. The van der Waals surface area contributed by atoms with E-state index in [-0.39, 0.29) is 5.52 Å². The van der Waals surface area contributed by atoms with Crippen molar-refractivity contribution in [3.63, 3.8) is 0 Å². The molecule has 0 aliphatic rings. The van der Waals surface area contributed by atoms with Crippen molar-refractivity contribution in [1.82, 2.24) is 19.1 Å². The van der Waals surface area contributed by atoms with Crippen LogP contribution in [0.4, 0.5) is 5.95 Å². The summed E-state index contributed by atoms with van der Waals surface area (Å²) in [5.41, 5.74) is -0.240. The summed E-state index contributed by atoms with van der Waals surface area (Å²) in [5.74, 6) is 0.462. The standard InChI is InChI=1S/C11H14N6O2/c1-15(6-4-5-12)10-13-7-8(14-10)16(2)11(19)17(3)9(7)18/h4,6H2,1-3H3,(H,13,14). The normalized spacial score (nSPS) is 10.6. The number of hydrogen-bond acceptors (Lipinski definition) is 5. The monoisotopic (exact) mass is 262 g/mol. The Morgan fingerprint density at radius 1 is 1.37 bits per heavy atom. The van der Waals surface area contributed by atoms with E-state index >= 15 is 0 Å². The van der Waals surface area contributed by atoms with Gasteiger partial charge in [-0.1, -0.05) is 0 Å². The lowest BCUT2D eigenvalue weighted by molar-refractivity contribution is 0.708. The summed E-state index contributed by atoms with van der Waals surface area (Å²) >= 11 is 0. The van der Waals surface area contributed by atoms with E-state index in [1.807, 2.05) is 6.07 Å². The number of nitriles is 1. The Labute approximate surface area is 108 Å². The highest BCUT2D eigenvalue weighted by Gasteiger charge is 2.15. The number of aryl methyl sites for hydroxylation is 1. The van der Waals surface area contributed by atoms with Crippen molar-refractivity contribution in [2.45, 2.75) is 6.42 Å². The highest BCUT2D eigenvalue weighted by molar-refractivity contribution is 5.72. The van der Waals surface area contributed by atoms with Gasteiger partial charge in [-0.3, -0.25) is 13.9 Å². The van der Waals surface area contributed by atoms with Gasteiger partial charge in [0.25, 0.3) is 5.56 Å². The van der Waals surface area contributed by atoms with Gasteiger partial charge in [0.2, 0.25) is 5.95 Å². The molecule has 0 saturated heterocycles. The second kappa shape index (κ2) is 4.61. The number of rotatable bonds is 3.